The van der Waals surface area contributed by atoms with Crippen LogP contribution in [-0.4, -0.2) is 32.3 Å². The van der Waals surface area contributed by atoms with Crippen LogP contribution in [0.2, 0.25) is 0 Å². The van der Waals surface area contributed by atoms with Crippen LogP contribution in [0.15, 0.2) is 0 Å². The van der Waals surface area contributed by atoms with E-state index >= 15 is 0 Å². The number of ketones is 1. The van der Waals surface area contributed by atoms with Gasteiger partial charge in [-0.1, -0.05) is 20.8 Å². The summed E-state index contributed by atoms with van der Waals surface area (Å²) in [7, 11) is -2.94. The van der Waals surface area contributed by atoms with Crippen LogP contribution in [0.4, 0.5) is 0 Å². The van der Waals surface area contributed by atoms with Crippen molar-refractivity contribution in [2.45, 2.75) is 52.9 Å². The fraction of sp³-hybridized carbons (Fsp3) is 0.929. The van der Waals surface area contributed by atoms with Crippen molar-refractivity contribution in [1.29, 1.82) is 0 Å². The fourth-order valence-corrected chi connectivity index (χ4v) is 3.00. The second kappa shape index (κ2) is 9.48. The summed E-state index contributed by atoms with van der Waals surface area (Å²) in [5.41, 5.74) is 5.57. The van der Waals surface area contributed by atoms with E-state index in [1.165, 1.54) is 0 Å². The van der Waals surface area contributed by atoms with E-state index in [-0.39, 0.29) is 17.3 Å². The summed E-state index contributed by atoms with van der Waals surface area (Å²) in [4.78, 5) is 11.7. The van der Waals surface area contributed by atoms with Crippen molar-refractivity contribution in [3.63, 3.8) is 0 Å². The molecule has 0 saturated carbocycles. The average Bonchev–Trinajstić information content (AvgIpc) is 2.33. The third kappa shape index (κ3) is 9.16. The summed E-state index contributed by atoms with van der Waals surface area (Å²) >= 11 is 0. The number of hydrogen-bond acceptors (Lipinski definition) is 4. The van der Waals surface area contributed by atoms with Gasteiger partial charge < -0.3 is 5.73 Å². The molecule has 0 spiro atoms. The zero-order valence-electron chi connectivity index (χ0n) is 12.5. The third-order valence-electron chi connectivity index (χ3n) is 3.63. The van der Waals surface area contributed by atoms with E-state index in [0.29, 0.717) is 37.6 Å². The molecule has 0 saturated heterocycles. The zero-order chi connectivity index (χ0) is 14.9. The van der Waals surface area contributed by atoms with Gasteiger partial charge >= 0.3 is 0 Å². The molecule has 0 aromatic rings. The highest BCUT2D eigenvalue weighted by atomic mass is 32.2. The lowest BCUT2D eigenvalue weighted by molar-refractivity contribution is -0.119. The van der Waals surface area contributed by atoms with E-state index in [9.17, 15) is 13.2 Å². The van der Waals surface area contributed by atoms with E-state index in [0.717, 1.165) is 12.8 Å². The lowest BCUT2D eigenvalue weighted by Crippen LogP contribution is -2.16. The van der Waals surface area contributed by atoms with Gasteiger partial charge in [-0.25, -0.2) is 8.42 Å². The minimum atomic E-state index is -2.94. The van der Waals surface area contributed by atoms with Crippen molar-refractivity contribution >= 4 is 15.6 Å². The maximum atomic E-state index is 11.7. The molecule has 0 aliphatic rings. The first-order valence-corrected chi connectivity index (χ1v) is 9.06. The number of carbonyl (C=O) groups is 1. The first-order chi connectivity index (χ1) is 8.82. The Morgan fingerprint density at radius 3 is 2.26 bits per heavy atom. The summed E-state index contributed by atoms with van der Waals surface area (Å²) in [5.74, 6) is 1.50. The van der Waals surface area contributed by atoms with E-state index in [4.69, 9.17) is 5.73 Å². The first kappa shape index (κ1) is 18.6. The predicted molar refractivity (Wildman–Crippen MR) is 79.8 cm³/mol. The molecule has 0 aromatic heterocycles. The summed E-state index contributed by atoms with van der Waals surface area (Å²) in [5, 5.41) is 0. The van der Waals surface area contributed by atoms with Crippen molar-refractivity contribution < 1.29 is 13.2 Å². The van der Waals surface area contributed by atoms with Crippen molar-refractivity contribution in [2.24, 2.45) is 17.6 Å². The second-order valence-electron chi connectivity index (χ2n) is 5.50. The van der Waals surface area contributed by atoms with Crippen molar-refractivity contribution in [2.75, 3.05) is 18.1 Å². The number of sulfone groups is 1. The molecule has 19 heavy (non-hydrogen) atoms. The Kier molecular flexibility index (Phi) is 9.27. The number of Topliss-reactive ketones (excluding diaryl/α,β-unsaturated/α-hetero) is 1. The normalized spacial score (nSPS) is 13.7. The molecule has 5 heteroatoms. The Hall–Kier alpha value is -0.420. The quantitative estimate of drug-likeness (QED) is 0.633. The lowest BCUT2D eigenvalue weighted by atomic mass is 9.87. The highest BCUT2D eigenvalue weighted by molar-refractivity contribution is 7.91. The summed E-state index contributed by atoms with van der Waals surface area (Å²) < 4.78 is 22.6. The Morgan fingerprint density at radius 2 is 1.79 bits per heavy atom. The maximum Gasteiger partial charge on any atom is 0.150 e. The zero-order valence-corrected chi connectivity index (χ0v) is 13.3. The minimum absolute atomic E-state index is 0.131. The highest BCUT2D eigenvalue weighted by Gasteiger charge is 2.15. The van der Waals surface area contributed by atoms with Gasteiger partial charge in [0, 0.05) is 18.6 Å². The molecule has 0 heterocycles. The molecular weight excluding hydrogens is 262 g/mol. The maximum absolute atomic E-state index is 11.7. The van der Waals surface area contributed by atoms with Crippen LogP contribution in [0.25, 0.3) is 0 Å². The molecule has 0 aliphatic carbocycles. The summed E-state index contributed by atoms with van der Waals surface area (Å²) in [6.45, 7) is 6.60. The summed E-state index contributed by atoms with van der Waals surface area (Å²) in [6.07, 6.45) is 3.21. The van der Waals surface area contributed by atoms with Gasteiger partial charge in [0.2, 0.25) is 0 Å². The molecule has 114 valence electrons. The van der Waals surface area contributed by atoms with Gasteiger partial charge in [0.15, 0.2) is 0 Å². The molecular formula is C14H29NO3S. The van der Waals surface area contributed by atoms with Gasteiger partial charge in [0.05, 0.1) is 5.75 Å². The van der Waals surface area contributed by atoms with Gasteiger partial charge in [0.25, 0.3) is 0 Å². The Bertz CT molecular complexity index is 350. The standard InChI is InChI=1S/C14H29NO3S/c1-4-19(17,18)11-5-6-14(16)8-7-13(9-10-15)12(2)3/h12-13H,4-11,15H2,1-3H3. The molecule has 0 fully saturated rings. The Morgan fingerprint density at radius 1 is 1.16 bits per heavy atom. The van der Waals surface area contributed by atoms with E-state index < -0.39 is 9.84 Å². The van der Waals surface area contributed by atoms with Gasteiger partial charge in [-0.05, 0) is 37.6 Å². The van der Waals surface area contributed by atoms with Crippen LogP contribution >= 0.6 is 0 Å². The van der Waals surface area contributed by atoms with Crippen LogP contribution < -0.4 is 5.73 Å². The molecule has 0 bridgehead atoms. The predicted octanol–water partition coefficient (Wildman–Crippen LogP) is 2.17. The largest absolute Gasteiger partial charge is 0.330 e. The molecule has 1 atom stereocenters. The van der Waals surface area contributed by atoms with Crippen LogP contribution in [0.3, 0.4) is 0 Å². The molecule has 2 N–H and O–H groups in total. The molecule has 0 aliphatic heterocycles. The first-order valence-electron chi connectivity index (χ1n) is 7.24. The Labute approximate surface area is 118 Å². The van der Waals surface area contributed by atoms with E-state index in [1.54, 1.807) is 6.92 Å². The van der Waals surface area contributed by atoms with Crippen molar-refractivity contribution in [1.82, 2.24) is 0 Å². The van der Waals surface area contributed by atoms with Crippen LogP contribution in [0, 0.1) is 11.8 Å². The molecule has 4 nitrogen and oxygen atoms in total. The van der Waals surface area contributed by atoms with Gasteiger partial charge in [-0.3, -0.25) is 4.79 Å². The third-order valence-corrected chi connectivity index (χ3v) is 5.42. The highest BCUT2D eigenvalue weighted by Crippen LogP contribution is 2.21. The van der Waals surface area contributed by atoms with Gasteiger partial charge in [0.1, 0.15) is 15.6 Å². The number of nitrogens with two attached hydrogens (primary N) is 1. The van der Waals surface area contributed by atoms with Crippen molar-refractivity contribution in [3.8, 4) is 0 Å². The van der Waals surface area contributed by atoms with Crippen molar-refractivity contribution in [3.05, 3.63) is 0 Å². The monoisotopic (exact) mass is 291 g/mol. The lowest BCUT2D eigenvalue weighted by Gasteiger charge is -2.19. The van der Waals surface area contributed by atoms with Gasteiger partial charge in [-0.15, -0.1) is 0 Å². The van der Waals surface area contributed by atoms with E-state index in [2.05, 4.69) is 13.8 Å². The molecule has 0 aromatic carbocycles. The molecule has 0 radical (unpaired) electrons. The minimum Gasteiger partial charge on any atom is -0.330 e. The van der Waals surface area contributed by atoms with Crippen LogP contribution in [-0.2, 0) is 14.6 Å². The Balaban J connectivity index is 3.92. The fourth-order valence-electron chi connectivity index (χ4n) is 2.13. The second-order valence-corrected chi connectivity index (χ2v) is 7.97. The van der Waals surface area contributed by atoms with Crippen LogP contribution in [0.5, 0.6) is 0 Å². The molecule has 1 unspecified atom stereocenters. The number of carbonyl (C=O) groups excluding carboxylic acids is 1. The smallest absolute Gasteiger partial charge is 0.150 e. The molecule has 0 amide bonds. The van der Waals surface area contributed by atoms with Crippen LogP contribution in [0.1, 0.15) is 52.9 Å². The average molecular weight is 291 g/mol. The number of rotatable bonds is 11. The molecule has 0 rings (SSSR count). The SMILES string of the molecule is CCS(=O)(=O)CCCC(=O)CCC(CCN)C(C)C. The summed E-state index contributed by atoms with van der Waals surface area (Å²) in [6, 6.07) is 0. The van der Waals surface area contributed by atoms with E-state index in [1.807, 2.05) is 0 Å². The van der Waals surface area contributed by atoms with Gasteiger partial charge in [-0.2, -0.15) is 0 Å². The topological polar surface area (TPSA) is 77.2 Å². The number of hydrogen-bond donors (Lipinski definition) is 1.